The van der Waals surface area contributed by atoms with Gasteiger partial charge in [0, 0.05) is 18.1 Å². The number of likely N-dealkylation sites (tertiary alicyclic amines) is 1. The third-order valence-corrected chi connectivity index (χ3v) is 4.67. The summed E-state index contributed by atoms with van der Waals surface area (Å²) < 4.78 is 1.71. The van der Waals surface area contributed by atoms with Gasteiger partial charge in [0.2, 0.25) is 5.91 Å². The minimum Gasteiger partial charge on any atom is -0.369 e. The van der Waals surface area contributed by atoms with Crippen LogP contribution in [0.4, 0.5) is 0 Å². The SMILES string of the molecule is Cc1c(C(=O)N2CCC[C@@H](C(N)=O)C2)cnn1-c1ccc(Cl)cc1. The molecule has 126 valence electrons. The Morgan fingerprint density at radius 1 is 1.29 bits per heavy atom. The van der Waals surface area contributed by atoms with E-state index >= 15 is 0 Å². The van der Waals surface area contributed by atoms with E-state index in [1.807, 2.05) is 19.1 Å². The number of benzene rings is 1. The van der Waals surface area contributed by atoms with Crippen LogP contribution in [0.3, 0.4) is 0 Å². The number of nitrogens with two attached hydrogens (primary N) is 1. The molecule has 0 unspecified atom stereocenters. The molecule has 2 N–H and O–H groups in total. The van der Waals surface area contributed by atoms with Crippen LogP contribution in [0, 0.1) is 12.8 Å². The molecule has 0 saturated carbocycles. The number of aromatic nitrogens is 2. The fourth-order valence-corrected chi connectivity index (χ4v) is 3.15. The van der Waals surface area contributed by atoms with Crippen LogP contribution in [0.1, 0.15) is 28.9 Å². The van der Waals surface area contributed by atoms with Gasteiger partial charge in [-0.3, -0.25) is 9.59 Å². The Hall–Kier alpha value is -2.34. The fraction of sp³-hybridized carbons (Fsp3) is 0.353. The zero-order valence-corrected chi connectivity index (χ0v) is 14.2. The normalized spacial score (nSPS) is 17.8. The molecule has 24 heavy (non-hydrogen) atoms. The average molecular weight is 347 g/mol. The molecule has 0 spiro atoms. The summed E-state index contributed by atoms with van der Waals surface area (Å²) in [7, 11) is 0. The Morgan fingerprint density at radius 2 is 2.00 bits per heavy atom. The number of rotatable bonds is 3. The Labute approximate surface area is 145 Å². The van der Waals surface area contributed by atoms with Crippen molar-refractivity contribution in [2.75, 3.05) is 13.1 Å². The molecular formula is C17H19ClN4O2. The van der Waals surface area contributed by atoms with Crippen LogP contribution >= 0.6 is 11.6 Å². The first kappa shape index (κ1) is 16.5. The van der Waals surface area contributed by atoms with Crippen molar-refractivity contribution in [1.82, 2.24) is 14.7 Å². The van der Waals surface area contributed by atoms with Crippen LogP contribution < -0.4 is 5.73 Å². The summed E-state index contributed by atoms with van der Waals surface area (Å²) in [6.07, 6.45) is 3.09. The van der Waals surface area contributed by atoms with Crippen LogP contribution in [-0.4, -0.2) is 39.6 Å². The van der Waals surface area contributed by atoms with Gasteiger partial charge in [0.1, 0.15) is 0 Å². The molecule has 0 radical (unpaired) electrons. The third kappa shape index (κ3) is 3.14. The molecule has 1 aliphatic rings. The molecule has 0 aliphatic carbocycles. The smallest absolute Gasteiger partial charge is 0.257 e. The molecule has 1 saturated heterocycles. The molecule has 1 aliphatic heterocycles. The lowest BCUT2D eigenvalue weighted by Gasteiger charge is -2.31. The van der Waals surface area contributed by atoms with Crippen molar-refractivity contribution < 1.29 is 9.59 Å². The van der Waals surface area contributed by atoms with Gasteiger partial charge in [0.15, 0.2) is 0 Å². The van der Waals surface area contributed by atoms with Crippen molar-refractivity contribution in [1.29, 1.82) is 0 Å². The van der Waals surface area contributed by atoms with Crippen molar-refractivity contribution in [3.05, 3.63) is 46.7 Å². The van der Waals surface area contributed by atoms with Crippen LogP contribution in [0.15, 0.2) is 30.5 Å². The molecule has 1 fully saturated rings. The quantitative estimate of drug-likeness (QED) is 0.924. The summed E-state index contributed by atoms with van der Waals surface area (Å²) in [5.74, 6) is -0.728. The van der Waals surface area contributed by atoms with Crippen LogP contribution in [-0.2, 0) is 4.79 Å². The summed E-state index contributed by atoms with van der Waals surface area (Å²) in [4.78, 5) is 25.9. The van der Waals surface area contributed by atoms with Crippen molar-refractivity contribution in [2.45, 2.75) is 19.8 Å². The van der Waals surface area contributed by atoms with Gasteiger partial charge >= 0.3 is 0 Å². The van der Waals surface area contributed by atoms with Gasteiger partial charge in [-0.05, 0) is 44.0 Å². The van der Waals surface area contributed by atoms with E-state index < -0.39 is 0 Å². The second-order valence-electron chi connectivity index (χ2n) is 6.02. The minimum atomic E-state index is -0.346. The second kappa shape index (κ2) is 6.65. The van der Waals surface area contributed by atoms with E-state index in [-0.39, 0.29) is 17.7 Å². The van der Waals surface area contributed by atoms with Crippen LogP contribution in [0.2, 0.25) is 5.02 Å². The van der Waals surface area contributed by atoms with Crippen molar-refractivity contribution in [3.8, 4) is 5.69 Å². The van der Waals surface area contributed by atoms with Gasteiger partial charge in [-0.2, -0.15) is 5.10 Å². The van der Waals surface area contributed by atoms with Gasteiger partial charge in [-0.15, -0.1) is 0 Å². The number of piperidine rings is 1. The van der Waals surface area contributed by atoms with E-state index in [2.05, 4.69) is 5.10 Å². The molecular weight excluding hydrogens is 328 g/mol. The number of amides is 2. The predicted molar refractivity (Wildman–Crippen MR) is 91.1 cm³/mol. The van der Waals surface area contributed by atoms with Crippen molar-refractivity contribution in [3.63, 3.8) is 0 Å². The van der Waals surface area contributed by atoms with E-state index in [1.54, 1.807) is 27.9 Å². The van der Waals surface area contributed by atoms with Crippen LogP contribution in [0.5, 0.6) is 0 Å². The number of hydrogen-bond donors (Lipinski definition) is 1. The second-order valence-corrected chi connectivity index (χ2v) is 6.46. The van der Waals surface area contributed by atoms with Gasteiger partial charge < -0.3 is 10.6 Å². The van der Waals surface area contributed by atoms with E-state index in [1.165, 1.54) is 0 Å². The lowest BCUT2D eigenvalue weighted by atomic mass is 9.97. The van der Waals surface area contributed by atoms with Crippen LogP contribution in [0.25, 0.3) is 5.69 Å². The van der Waals surface area contributed by atoms with Crippen molar-refractivity contribution >= 4 is 23.4 Å². The molecule has 2 aromatic rings. The Bertz CT molecular complexity index is 769. The summed E-state index contributed by atoms with van der Waals surface area (Å²) in [6.45, 7) is 2.86. The predicted octanol–water partition coefficient (Wildman–Crippen LogP) is 2.17. The van der Waals surface area contributed by atoms with Gasteiger partial charge in [0.05, 0.1) is 29.1 Å². The Balaban J connectivity index is 1.83. The molecule has 3 rings (SSSR count). The molecule has 7 heteroatoms. The number of primary amides is 1. The minimum absolute atomic E-state index is 0.112. The third-order valence-electron chi connectivity index (χ3n) is 4.42. The average Bonchev–Trinajstić information content (AvgIpc) is 2.96. The zero-order chi connectivity index (χ0) is 17.3. The highest BCUT2D eigenvalue weighted by molar-refractivity contribution is 6.30. The highest BCUT2D eigenvalue weighted by Crippen LogP contribution is 2.21. The summed E-state index contributed by atoms with van der Waals surface area (Å²) in [5, 5.41) is 4.96. The summed E-state index contributed by atoms with van der Waals surface area (Å²) in [6, 6.07) is 7.25. The highest BCUT2D eigenvalue weighted by atomic mass is 35.5. The van der Waals surface area contributed by atoms with Gasteiger partial charge in [-0.25, -0.2) is 4.68 Å². The Kier molecular flexibility index (Phi) is 4.57. The lowest BCUT2D eigenvalue weighted by Crippen LogP contribution is -2.44. The van der Waals surface area contributed by atoms with Crippen molar-refractivity contribution in [2.24, 2.45) is 11.7 Å². The maximum absolute atomic E-state index is 12.8. The maximum Gasteiger partial charge on any atom is 0.257 e. The lowest BCUT2D eigenvalue weighted by molar-refractivity contribution is -0.123. The standard InChI is InChI=1S/C17H19ClN4O2/c1-11-15(9-20-22(11)14-6-4-13(18)5-7-14)17(24)21-8-2-3-12(10-21)16(19)23/h4-7,9,12H,2-3,8,10H2,1H3,(H2,19,23)/t12-/m1/s1. The number of carbonyl (C=O) groups is 2. The molecule has 1 aromatic carbocycles. The zero-order valence-electron chi connectivity index (χ0n) is 13.4. The summed E-state index contributed by atoms with van der Waals surface area (Å²) in [5.41, 5.74) is 7.51. The molecule has 1 atom stereocenters. The van der Waals surface area contributed by atoms with Gasteiger partial charge in [-0.1, -0.05) is 11.6 Å². The van der Waals surface area contributed by atoms with Gasteiger partial charge in [0.25, 0.3) is 5.91 Å². The topological polar surface area (TPSA) is 81.2 Å². The fourth-order valence-electron chi connectivity index (χ4n) is 3.03. The largest absolute Gasteiger partial charge is 0.369 e. The molecule has 6 nitrogen and oxygen atoms in total. The summed E-state index contributed by atoms with van der Waals surface area (Å²) >= 11 is 5.91. The van der Waals surface area contributed by atoms with E-state index in [0.717, 1.165) is 24.2 Å². The van der Waals surface area contributed by atoms with E-state index in [9.17, 15) is 9.59 Å². The number of hydrogen-bond acceptors (Lipinski definition) is 3. The maximum atomic E-state index is 12.8. The first-order valence-electron chi connectivity index (χ1n) is 7.86. The Morgan fingerprint density at radius 3 is 2.67 bits per heavy atom. The first-order chi connectivity index (χ1) is 11.5. The molecule has 1 aromatic heterocycles. The van der Waals surface area contributed by atoms with E-state index in [0.29, 0.717) is 23.7 Å². The first-order valence-corrected chi connectivity index (χ1v) is 8.24. The number of nitrogens with zero attached hydrogens (tertiary/aromatic N) is 3. The molecule has 0 bridgehead atoms. The number of carbonyl (C=O) groups excluding carboxylic acids is 2. The monoisotopic (exact) mass is 346 g/mol. The highest BCUT2D eigenvalue weighted by Gasteiger charge is 2.29. The molecule has 2 amide bonds. The molecule has 2 heterocycles. The van der Waals surface area contributed by atoms with E-state index in [4.69, 9.17) is 17.3 Å². The number of halogens is 1.